The molecule has 1 aromatic carbocycles. The number of hydrogen-bond donors (Lipinski definition) is 2. The van der Waals surface area contributed by atoms with E-state index in [1.54, 1.807) is 6.92 Å². The van der Waals surface area contributed by atoms with Crippen molar-refractivity contribution in [2.75, 3.05) is 11.9 Å². The van der Waals surface area contributed by atoms with E-state index in [4.69, 9.17) is 0 Å². The number of carbonyl (C=O) groups excluding carboxylic acids is 3. The van der Waals surface area contributed by atoms with Gasteiger partial charge >= 0.3 is 6.03 Å². The van der Waals surface area contributed by atoms with Crippen molar-refractivity contribution in [3.63, 3.8) is 0 Å². The lowest BCUT2D eigenvalue weighted by atomic mass is 9.96. The fourth-order valence-corrected chi connectivity index (χ4v) is 2.77. The van der Waals surface area contributed by atoms with Crippen LogP contribution in [0.3, 0.4) is 0 Å². The molecule has 1 aromatic rings. The van der Waals surface area contributed by atoms with E-state index in [1.165, 1.54) is 0 Å². The minimum atomic E-state index is -0.970. The Morgan fingerprint density at radius 1 is 1.30 bits per heavy atom. The maximum atomic E-state index is 13.1. The van der Waals surface area contributed by atoms with E-state index in [-0.39, 0.29) is 11.6 Å². The van der Waals surface area contributed by atoms with Gasteiger partial charge in [0.15, 0.2) is 0 Å². The van der Waals surface area contributed by atoms with Gasteiger partial charge in [-0.05, 0) is 37.8 Å². The Morgan fingerprint density at radius 3 is 2.48 bits per heavy atom. The predicted octanol–water partition coefficient (Wildman–Crippen LogP) is 1.62. The molecule has 8 heteroatoms. The maximum Gasteiger partial charge on any atom is 0.325 e. The van der Waals surface area contributed by atoms with Crippen LogP contribution in [0.15, 0.2) is 18.2 Å². The van der Waals surface area contributed by atoms with Crippen LogP contribution in [-0.2, 0) is 9.59 Å². The molecule has 1 atom stereocenters. The lowest BCUT2D eigenvalue weighted by molar-refractivity contribution is -0.134. The molecule has 0 radical (unpaired) electrons. The summed E-state index contributed by atoms with van der Waals surface area (Å²) in [4.78, 5) is 37.1. The lowest BCUT2D eigenvalue weighted by Gasteiger charge is -2.20. The average molecular weight is 323 g/mol. The van der Waals surface area contributed by atoms with E-state index < -0.39 is 41.6 Å². The largest absolute Gasteiger partial charge is 0.325 e. The van der Waals surface area contributed by atoms with Crippen LogP contribution in [0.5, 0.6) is 0 Å². The molecule has 0 aromatic heterocycles. The van der Waals surface area contributed by atoms with Gasteiger partial charge in [-0.15, -0.1) is 0 Å². The molecule has 1 unspecified atom stereocenters. The van der Waals surface area contributed by atoms with Crippen LogP contribution in [0.2, 0.25) is 0 Å². The molecule has 4 amide bonds. The lowest BCUT2D eigenvalue weighted by Crippen LogP contribution is -2.46. The van der Waals surface area contributed by atoms with Crippen molar-refractivity contribution in [3.05, 3.63) is 29.8 Å². The third-order valence-electron chi connectivity index (χ3n) is 4.14. The summed E-state index contributed by atoms with van der Waals surface area (Å²) < 4.78 is 26.2. The third kappa shape index (κ3) is 2.88. The zero-order valence-electron chi connectivity index (χ0n) is 12.4. The molecule has 1 saturated heterocycles. The van der Waals surface area contributed by atoms with Gasteiger partial charge in [0, 0.05) is 11.8 Å². The Hall–Kier alpha value is -2.51. The monoisotopic (exact) mass is 323 g/mol. The first kappa shape index (κ1) is 15.4. The van der Waals surface area contributed by atoms with Crippen molar-refractivity contribution >= 4 is 23.5 Å². The number of anilines is 1. The van der Waals surface area contributed by atoms with Crippen molar-refractivity contribution in [1.29, 1.82) is 0 Å². The Bertz CT molecular complexity index is 685. The molecule has 6 nitrogen and oxygen atoms in total. The molecule has 1 aliphatic carbocycles. The molecule has 0 spiro atoms. The fourth-order valence-electron chi connectivity index (χ4n) is 2.77. The average Bonchev–Trinajstić information content (AvgIpc) is 3.24. The molecule has 2 aliphatic rings. The van der Waals surface area contributed by atoms with Crippen molar-refractivity contribution < 1.29 is 23.2 Å². The van der Waals surface area contributed by atoms with Crippen molar-refractivity contribution in [2.45, 2.75) is 25.3 Å². The van der Waals surface area contributed by atoms with Crippen LogP contribution in [0, 0.1) is 17.6 Å². The second-order valence-electron chi connectivity index (χ2n) is 6.00. The van der Waals surface area contributed by atoms with Crippen LogP contribution < -0.4 is 10.6 Å². The van der Waals surface area contributed by atoms with Gasteiger partial charge in [-0.2, -0.15) is 0 Å². The van der Waals surface area contributed by atoms with Gasteiger partial charge in [-0.1, -0.05) is 0 Å². The number of imide groups is 1. The van der Waals surface area contributed by atoms with E-state index in [0.29, 0.717) is 6.07 Å². The van der Waals surface area contributed by atoms with E-state index >= 15 is 0 Å². The number of halogens is 2. The Balaban J connectivity index is 1.68. The minimum absolute atomic E-state index is 0.0792. The van der Waals surface area contributed by atoms with Gasteiger partial charge in [-0.25, -0.2) is 13.6 Å². The molecule has 1 heterocycles. The second-order valence-corrected chi connectivity index (χ2v) is 6.00. The van der Waals surface area contributed by atoms with Gasteiger partial charge in [-0.3, -0.25) is 14.5 Å². The van der Waals surface area contributed by atoms with Crippen molar-refractivity contribution in [2.24, 2.45) is 5.92 Å². The summed E-state index contributed by atoms with van der Waals surface area (Å²) in [5.41, 5.74) is -1.05. The highest BCUT2D eigenvalue weighted by Crippen LogP contribution is 2.42. The Labute approximate surface area is 130 Å². The van der Waals surface area contributed by atoms with Crippen LogP contribution >= 0.6 is 0 Å². The van der Waals surface area contributed by atoms with Gasteiger partial charge in [0.2, 0.25) is 5.91 Å². The quantitative estimate of drug-likeness (QED) is 0.827. The van der Waals surface area contributed by atoms with Crippen molar-refractivity contribution in [3.8, 4) is 0 Å². The normalized spacial score (nSPS) is 23.9. The molecule has 2 N–H and O–H groups in total. The molecule has 23 heavy (non-hydrogen) atoms. The maximum absolute atomic E-state index is 13.1. The highest BCUT2D eigenvalue weighted by molar-refractivity contribution is 6.10. The summed E-state index contributed by atoms with van der Waals surface area (Å²) in [6.07, 6.45) is 1.70. The highest BCUT2D eigenvalue weighted by Gasteiger charge is 2.56. The van der Waals surface area contributed by atoms with E-state index in [1.807, 2.05) is 0 Å². The Kier molecular flexibility index (Phi) is 3.54. The number of hydrogen-bond acceptors (Lipinski definition) is 3. The molecular formula is C15H15F2N3O3. The highest BCUT2D eigenvalue weighted by atomic mass is 19.1. The van der Waals surface area contributed by atoms with Crippen LogP contribution in [0.4, 0.5) is 19.3 Å². The van der Waals surface area contributed by atoms with Gasteiger partial charge < -0.3 is 10.6 Å². The van der Waals surface area contributed by atoms with Crippen LogP contribution in [-0.4, -0.2) is 34.8 Å². The SMILES string of the molecule is CC1(C2CC2)NC(=O)N(CC(=O)Nc2cc(F)cc(F)c2)C1=O. The standard InChI is InChI=1S/C15H15F2N3O3/c1-15(8-2-3-8)13(22)20(14(23)19-15)7-12(21)18-11-5-9(16)4-10(17)6-11/h4-6,8H,2-3,7H2,1H3,(H,18,21)(H,19,23). The second kappa shape index (κ2) is 5.29. The van der Waals surface area contributed by atoms with E-state index in [0.717, 1.165) is 29.9 Å². The zero-order chi connectivity index (χ0) is 16.8. The zero-order valence-corrected chi connectivity index (χ0v) is 12.4. The predicted molar refractivity (Wildman–Crippen MR) is 76.4 cm³/mol. The number of urea groups is 1. The number of nitrogens with one attached hydrogen (secondary N) is 2. The number of rotatable bonds is 4. The summed E-state index contributed by atoms with van der Waals surface area (Å²) in [7, 11) is 0. The summed E-state index contributed by atoms with van der Waals surface area (Å²) in [5, 5.41) is 4.89. The van der Waals surface area contributed by atoms with E-state index in [9.17, 15) is 23.2 Å². The summed E-state index contributed by atoms with van der Waals surface area (Å²) in [6, 6.07) is 1.93. The van der Waals surface area contributed by atoms with Gasteiger partial charge in [0.25, 0.3) is 5.91 Å². The Morgan fingerprint density at radius 2 is 1.91 bits per heavy atom. The first-order valence-corrected chi connectivity index (χ1v) is 7.19. The molecule has 122 valence electrons. The number of benzene rings is 1. The summed E-state index contributed by atoms with van der Waals surface area (Å²) >= 11 is 0. The summed E-state index contributed by atoms with van der Waals surface area (Å²) in [6.45, 7) is 1.13. The smallest absolute Gasteiger partial charge is 0.324 e. The topological polar surface area (TPSA) is 78.5 Å². The van der Waals surface area contributed by atoms with Crippen molar-refractivity contribution in [1.82, 2.24) is 10.2 Å². The molecular weight excluding hydrogens is 308 g/mol. The van der Waals surface area contributed by atoms with Gasteiger partial charge in [0.05, 0.1) is 0 Å². The third-order valence-corrected chi connectivity index (χ3v) is 4.14. The van der Waals surface area contributed by atoms with Crippen LogP contribution in [0.1, 0.15) is 19.8 Å². The molecule has 1 saturated carbocycles. The molecule has 1 aliphatic heterocycles. The first-order chi connectivity index (χ1) is 10.8. The first-order valence-electron chi connectivity index (χ1n) is 7.19. The summed E-state index contributed by atoms with van der Waals surface area (Å²) in [5.74, 6) is -2.75. The minimum Gasteiger partial charge on any atom is -0.324 e. The van der Waals surface area contributed by atoms with E-state index in [2.05, 4.69) is 10.6 Å². The fraction of sp³-hybridized carbons (Fsp3) is 0.400. The van der Waals surface area contributed by atoms with Crippen LogP contribution in [0.25, 0.3) is 0 Å². The molecule has 2 fully saturated rings. The van der Waals surface area contributed by atoms with Gasteiger partial charge in [0.1, 0.15) is 23.7 Å². The number of nitrogens with zero attached hydrogens (tertiary/aromatic N) is 1. The number of amides is 4. The number of carbonyl (C=O) groups is 3. The molecule has 3 rings (SSSR count). The molecule has 0 bridgehead atoms.